The first-order valence-corrected chi connectivity index (χ1v) is 8.70. The molecule has 0 spiro atoms. The number of benzene rings is 2. The van der Waals surface area contributed by atoms with Crippen molar-refractivity contribution in [3.63, 3.8) is 0 Å². The Kier molecular flexibility index (Phi) is 6.03. The van der Waals surface area contributed by atoms with Crippen molar-refractivity contribution in [3.8, 4) is 5.75 Å². The number of rotatable bonds is 5. The Balaban J connectivity index is 1.60. The van der Waals surface area contributed by atoms with Gasteiger partial charge in [0.25, 0.3) is 11.8 Å². The van der Waals surface area contributed by atoms with E-state index >= 15 is 0 Å². The van der Waals surface area contributed by atoms with Crippen LogP contribution < -0.4 is 10.1 Å². The van der Waals surface area contributed by atoms with Crippen molar-refractivity contribution in [2.24, 2.45) is 0 Å². The van der Waals surface area contributed by atoms with Crippen LogP contribution in [0.15, 0.2) is 48.5 Å². The quantitative estimate of drug-likeness (QED) is 0.876. The molecule has 142 valence electrons. The Morgan fingerprint density at radius 2 is 2.07 bits per heavy atom. The van der Waals surface area contributed by atoms with Crippen molar-refractivity contribution in [1.29, 1.82) is 0 Å². The Hall–Kier alpha value is -2.93. The SMILES string of the molecule is CC1COCCN1C(=O)c1cccc(NC(=O)COc2ccccc2F)c1. The second-order valence-corrected chi connectivity index (χ2v) is 6.27. The Morgan fingerprint density at radius 3 is 2.85 bits per heavy atom. The predicted molar refractivity (Wildman–Crippen MR) is 98.3 cm³/mol. The van der Waals surface area contributed by atoms with E-state index in [4.69, 9.17) is 9.47 Å². The van der Waals surface area contributed by atoms with E-state index in [9.17, 15) is 14.0 Å². The van der Waals surface area contributed by atoms with Gasteiger partial charge in [0.2, 0.25) is 0 Å². The first kappa shape index (κ1) is 18.8. The van der Waals surface area contributed by atoms with Gasteiger partial charge in [-0.25, -0.2) is 4.39 Å². The highest BCUT2D eigenvalue weighted by molar-refractivity contribution is 5.97. The molecule has 1 aliphatic heterocycles. The summed E-state index contributed by atoms with van der Waals surface area (Å²) in [7, 11) is 0. The lowest BCUT2D eigenvalue weighted by Crippen LogP contribution is -2.47. The molecule has 1 saturated heterocycles. The zero-order chi connectivity index (χ0) is 19.2. The molecule has 27 heavy (non-hydrogen) atoms. The highest BCUT2D eigenvalue weighted by Gasteiger charge is 2.24. The normalized spacial score (nSPS) is 16.7. The molecule has 0 bridgehead atoms. The summed E-state index contributed by atoms with van der Waals surface area (Å²) in [6, 6.07) is 12.6. The summed E-state index contributed by atoms with van der Waals surface area (Å²) >= 11 is 0. The highest BCUT2D eigenvalue weighted by atomic mass is 19.1. The first-order chi connectivity index (χ1) is 13.0. The number of carbonyl (C=O) groups is 2. The molecule has 2 amide bonds. The molecule has 0 aromatic heterocycles. The third-order valence-corrected chi connectivity index (χ3v) is 4.22. The standard InChI is InChI=1S/C20H21FN2O4/c1-14-12-26-10-9-23(14)20(25)15-5-4-6-16(11-15)22-19(24)13-27-18-8-3-2-7-17(18)21/h2-8,11,14H,9-10,12-13H2,1H3,(H,22,24). The van der Waals surface area contributed by atoms with Crippen LogP contribution in [0.2, 0.25) is 0 Å². The van der Waals surface area contributed by atoms with E-state index in [0.717, 1.165) is 0 Å². The van der Waals surface area contributed by atoms with Crippen molar-refractivity contribution in [3.05, 3.63) is 59.9 Å². The topological polar surface area (TPSA) is 67.9 Å². The van der Waals surface area contributed by atoms with Crippen LogP contribution in [-0.2, 0) is 9.53 Å². The van der Waals surface area contributed by atoms with Crippen LogP contribution in [0.25, 0.3) is 0 Å². The van der Waals surface area contributed by atoms with Crippen LogP contribution in [-0.4, -0.2) is 49.1 Å². The molecule has 1 atom stereocenters. The van der Waals surface area contributed by atoms with Crippen molar-refractivity contribution in [1.82, 2.24) is 4.90 Å². The van der Waals surface area contributed by atoms with Crippen molar-refractivity contribution >= 4 is 17.5 Å². The molecule has 0 aliphatic carbocycles. The van der Waals surface area contributed by atoms with Crippen LogP contribution >= 0.6 is 0 Å². The fourth-order valence-electron chi connectivity index (χ4n) is 2.83. The van der Waals surface area contributed by atoms with Crippen LogP contribution in [0.3, 0.4) is 0 Å². The zero-order valence-corrected chi connectivity index (χ0v) is 15.0. The summed E-state index contributed by atoms with van der Waals surface area (Å²) in [6.45, 7) is 3.16. The Morgan fingerprint density at radius 1 is 1.26 bits per heavy atom. The second-order valence-electron chi connectivity index (χ2n) is 6.27. The van der Waals surface area contributed by atoms with Gasteiger partial charge in [0, 0.05) is 17.8 Å². The fraction of sp³-hybridized carbons (Fsp3) is 0.300. The van der Waals surface area contributed by atoms with E-state index in [1.165, 1.54) is 12.1 Å². The van der Waals surface area contributed by atoms with E-state index in [0.29, 0.717) is 31.0 Å². The lowest BCUT2D eigenvalue weighted by molar-refractivity contribution is -0.118. The molecule has 1 N–H and O–H groups in total. The molecule has 0 saturated carbocycles. The summed E-state index contributed by atoms with van der Waals surface area (Å²) in [5, 5.41) is 2.66. The van der Waals surface area contributed by atoms with Gasteiger partial charge >= 0.3 is 0 Å². The van der Waals surface area contributed by atoms with Crippen LogP contribution in [0, 0.1) is 5.82 Å². The van der Waals surface area contributed by atoms with Gasteiger partial charge < -0.3 is 19.7 Å². The summed E-state index contributed by atoms with van der Waals surface area (Å²) in [4.78, 5) is 26.5. The lowest BCUT2D eigenvalue weighted by atomic mass is 10.1. The molecule has 1 fully saturated rings. The summed E-state index contributed by atoms with van der Waals surface area (Å²) in [5.74, 6) is -1.07. The summed E-state index contributed by atoms with van der Waals surface area (Å²) in [6.07, 6.45) is 0. The average molecular weight is 372 g/mol. The number of nitrogens with one attached hydrogen (secondary N) is 1. The number of halogens is 1. The van der Waals surface area contributed by atoms with E-state index in [1.807, 2.05) is 6.92 Å². The molecular weight excluding hydrogens is 351 g/mol. The van der Waals surface area contributed by atoms with E-state index in [2.05, 4.69) is 5.32 Å². The smallest absolute Gasteiger partial charge is 0.262 e. The minimum atomic E-state index is -0.530. The maximum absolute atomic E-state index is 13.5. The molecule has 1 heterocycles. The van der Waals surface area contributed by atoms with E-state index in [1.54, 1.807) is 41.3 Å². The number of para-hydroxylation sites is 1. The molecule has 3 rings (SSSR count). The molecule has 7 heteroatoms. The zero-order valence-electron chi connectivity index (χ0n) is 15.0. The second kappa shape index (κ2) is 8.64. The van der Waals surface area contributed by atoms with Gasteiger partial charge in [-0.05, 0) is 37.3 Å². The van der Waals surface area contributed by atoms with Gasteiger partial charge in [-0.1, -0.05) is 18.2 Å². The molecule has 1 aliphatic rings. The number of morpholine rings is 1. The van der Waals surface area contributed by atoms with E-state index in [-0.39, 0.29) is 24.3 Å². The number of nitrogens with zero attached hydrogens (tertiary/aromatic N) is 1. The number of hydrogen-bond acceptors (Lipinski definition) is 4. The first-order valence-electron chi connectivity index (χ1n) is 8.70. The molecular formula is C20H21FN2O4. The maximum Gasteiger partial charge on any atom is 0.262 e. The third-order valence-electron chi connectivity index (χ3n) is 4.22. The van der Waals surface area contributed by atoms with Crippen LogP contribution in [0.5, 0.6) is 5.75 Å². The number of ether oxygens (including phenoxy) is 2. The molecule has 0 radical (unpaired) electrons. The van der Waals surface area contributed by atoms with Gasteiger partial charge in [-0.3, -0.25) is 9.59 Å². The predicted octanol–water partition coefficient (Wildman–Crippen LogP) is 2.70. The average Bonchev–Trinajstić information content (AvgIpc) is 2.67. The van der Waals surface area contributed by atoms with Crippen molar-refractivity contribution < 1.29 is 23.5 Å². The maximum atomic E-state index is 13.5. The lowest BCUT2D eigenvalue weighted by Gasteiger charge is -2.33. The van der Waals surface area contributed by atoms with Crippen LogP contribution in [0.1, 0.15) is 17.3 Å². The molecule has 6 nitrogen and oxygen atoms in total. The Labute approximate surface area is 156 Å². The van der Waals surface area contributed by atoms with Crippen molar-refractivity contribution in [2.45, 2.75) is 13.0 Å². The largest absolute Gasteiger partial charge is 0.481 e. The Bertz CT molecular complexity index is 827. The van der Waals surface area contributed by atoms with E-state index < -0.39 is 11.7 Å². The monoisotopic (exact) mass is 372 g/mol. The highest BCUT2D eigenvalue weighted by Crippen LogP contribution is 2.17. The van der Waals surface area contributed by atoms with Gasteiger partial charge in [0.15, 0.2) is 18.2 Å². The van der Waals surface area contributed by atoms with Gasteiger partial charge in [-0.2, -0.15) is 0 Å². The molecule has 1 unspecified atom stereocenters. The van der Waals surface area contributed by atoms with Gasteiger partial charge in [0.1, 0.15) is 0 Å². The molecule has 2 aromatic carbocycles. The third kappa shape index (κ3) is 4.83. The number of carbonyl (C=O) groups excluding carboxylic acids is 2. The summed E-state index contributed by atoms with van der Waals surface area (Å²) < 4.78 is 24.0. The number of anilines is 1. The number of amides is 2. The van der Waals surface area contributed by atoms with Crippen molar-refractivity contribution in [2.75, 3.05) is 31.7 Å². The van der Waals surface area contributed by atoms with Gasteiger partial charge in [0.05, 0.1) is 19.3 Å². The fourth-order valence-corrected chi connectivity index (χ4v) is 2.83. The van der Waals surface area contributed by atoms with Crippen LogP contribution in [0.4, 0.5) is 10.1 Å². The molecule has 2 aromatic rings. The van der Waals surface area contributed by atoms with Gasteiger partial charge in [-0.15, -0.1) is 0 Å². The summed E-state index contributed by atoms with van der Waals surface area (Å²) in [5.41, 5.74) is 0.959. The minimum Gasteiger partial charge on any atom is -0.481 e. The minimum absolute atomic E-state index is 0.00124. The number of hydrogen-bond donors (Lipinski definition) is 1.